The summed E-state index contributed by atoms with van der Waals surface area (Å²) in [6.45, 7) is 2.08. The van der Waals surface area contributed by atoms with Crippen LogP contribution in [-0.4, -0.2) is 14.2 Å². The number of benzene rings is 1. The Morgan fingerprint density at radius 2 is 1.74 bits per heavy atom. The van der Waals surface area contributed by atoms with Crippen LogP contribution in [0.15, 0.2) is 29.0 Å². The maximum absolute atomic E-state index is 5.72. The van der Waals surface area contributed by atoms with Gasteiger partial charge in [-0.1, -0.05) is 0 Å². The molecule has 2 rings (SSSR count). The second-order valence-electron chi connectivity index (χ2n) is 4.26. The first-order chi connectivity index (χ1) is 9.19. The molecule has 1 atom stereocenters. The van der Waals surface area contributed by atoms with Crippen LogP contribution in [-0.2, 0) is 0 Å². The Morgan fingerprint density at radius 3 is 2.16 bits per heavy atom. The SMILES string of the molecule is COc1cc(OC)cc(C(NN)c2cscc2C)c1. The zero-order valence-electron chi connectivity index (χ0n) is 11.3. The number of aryl methyl sites for hydroxylation is 1. The van der Waals surface area contributed by atoms with Crippen molar-refractivity contribution in [2.75, 3.05) is 14.2 Å². The van der Waals surface area contributed by atoms with E-state index in [1.807, 2.05) is 18.2 Å². The highest BCUT2D eigenvalue weighted by Gasteiger charge is 2.17. The summed E-state index contributed by atoms with van der Waals surface area (Å²) in [5.74, 6) is 7.23. The largest absolute Gasteiger partial charge is 0.497 e. The number of hydrazine groups is 1. The van der Waals surface area contributed by atoms with Gasteiger partial charge in [-0.2, -0.15) is 11.3 Å². The summed E-state index contributed by atoms with van der Waals surface area (Å²) < 4.78 is 10.6. The van der Waals surface area contributed by atoms with Crippen LogP contribution in [0.25, 0.3) is 0 Å². The van der Waals surface area contributed by atoms with Gasteiger partial charge in [0.1, 0.15) is 11.5 Å². The predicted molar refractivity (Wildman–Crippen MR) is 77.8 cm³/mol. The van der Waals surface area contributed by atoms with E-state index in [4.69, 9.17) is 15.3 Å². The molecule has 3 N–H and O–H groups in total. The van der Waals surface area contributed by atoms with Crippen molar-refractivity contribution in [3.05, 3.63) is 45.6 Å². The lowest BCUT2D eigenvalue weighted by molar-refractivity contribution is 0.392. The maximum atomic E-state index is 5.72. The van der Waals surface area contributed by atoms with Gasteiger partial charge in [0.15, 0.2) is 0 Å². The minimum absolute atomic E-state index is 0.0738. The third kappa shape index (κ3) is 2.89. The Kier molecular flexibility index (Phi) is 4.42. The van der Waals surface area contributed by atoms with Crippen LogP contribution in [0.3, 0.4) is 0 Å². The molecule has 0 fully saturated rings. The monoisotopic (exact) mass is 278 g/mol. The number of methoxy groups -OCH3 is 2. The summed E-state index contributed by atoms with van der Waals surface area (Å²) in [5, 5.41) is 4.21. The topological polar surface area (TPSA) is 56.5 Å². The molecule has 102 valence electrons. The fraction of sp³-hybridized carbons (Fsp3) is 0.286. The van der Waals surface area contributed by atoms with Crippen LogP contribution in [0, 0.1) is 6.92 Å². The Hall–Kier alpha value is -1.56. The van der Waals surface area contributed by atoms with Gasteiger partial charge >= 0.3 is 0 Å². The zero-order valence-corrected chi connectivity index (χ0v) is 12.1. The second-order valence-corrected chi connectivity index (χ2v) is 5.00. The van der Waals surface area contributed by atoms with Crippen LogP contribution in [0.4, 0.5) is 0 Å². The highest BCUT2D eigenvalue weighted by Crippen LogP contribution is 2.32. The van der Waals surface area contributed by atoms with Gasteiger partial charge in [0, 0.05) is 6.07 Å². The normalized spacial score (nSPS) is 12.2. The van der Waals surface area contributed by atoms with Crippen molar-refractivity contribution in [1.82, 2.24) is 5.43 Å². The fourth-order valence-corrected chi connectivity index (χ4v) is 2.90. The number of ether oxygens (including phenoxy) is 2. The van der Waals surface area contributed by atoms with Crippen LogP contribution >= 0.6 is 11.3 Å². The second kappa shape index (κ2) is 6.06. The average Bonchev–Trinajstić information content (AvgIpc) is 2.85. The summed E-state index contributed by atoms with van der Waals surface area (Å²) in [4.78, 5) is 0. The number of nitrogens with two attached hydrogens (primary N) is 1. The first-order valence-electron chi connectivity index (χ1n) is 5.91. The van der Waals surface area contributed by atoms with E-state index in [0.717, 1.165) is 17.1 Å². The van der Waals surface area contributed by atoms with E-state index in [0.29, 0.717) is 0 Å². The molecule has 0 bridgehead atoms. The van der Waals surface area contributed by atoms with Crippen LogP contribution < -0.4 is 20.7 Å². The number of hydrogen-bond acceptors (Lipinski definition) is 5. The highest BCUT2D eigenvalue weighted by atomic mass is 32.1. The smallest absolute Gasteiger partial charge is 0.122 e. The minimum Gasteiger partial charge on any atom is -0.497 e. The number of rotatable bonds is 5. The Bertz CT molecular complexity index is 532. The van der Waals surface area contributed by atoms with Crippen molar-refractivity contribution in [1.29, 1.82) is 0 Å². The average molecular weight is 278 g/mol. The number of nitrogens with one attached hydrogen (secondary N) is 1. The van der Waals surface area contributed by atoms with Crippen molar-refractivity contribution < 1.29 is 9.47 Å². The van der Waals surface area contributed by atoms with Crippen LogP contribution in [0.2, 0.25) is 0 Å². The van der Waals surface area contributed by atoms with Crippen molar-refractivity contribution >= 4 is 11.3 Å². The summed E-state index contributed by atoms with van der Waals surface area (Å²) >= 11 is 1.67. The lowest BCUT2D eigenvalue weighted by atomic mass is 9.98. The van der Waals surface area contributed by atoms with E-state index in [9.17, 15) is 0 Å². The highest BCUT2D eigenvalue weighted by molar-refractivity contribution is 7.08. The fourth-order valence-electron chi connectivity index (χ4n) is 2.03. The van der Waals surface area contributed by atoms with E-state index in [1.165, 1.54) is 11.1 Å². The lowest BCUT2D eigenvalue weighted by Crippen LogP contribution is -2.29. The van der Waals surface area contributed by atoms with Crippen molar-refractivity contribution in [3.63, 3.8) is 0 Å². The van der Waals surface area contributed by atoms with Gasteiger partial charge in [0.25, 0.3) is 0 Å². The maximum Gasteiger partial charge on any atom is 0.122 e. The number of hydrogen-bond donors (Lipinski definition) is 2. The third-order valence-corrected chi connectivity index (χ3v) is 3.96. The van der Waals surface area contributed by atoms with Gasteiger partial charge in [-0.25, -0.2) is 5.43 Å². The van der Waals surface area contributed by atoms with Crippen molar-refractivity contribution in [2.24, 2.45) is 5.84 Å². The molecular formula is C14H18N2O2S. The summed E-state index contributed by atoms with van der Waals surface area (Å²) in [5.41, 5.74) is 6.26. The molecule has 0 aliphatic rings. The van der Waals surface area contributed by atoms with E-state index >= 15 is 0 Å². The Balaban J connectivity index is 2.46. The van der Waals surface area contributed by atoms with E-state index in [-0.39, 0.29) is 6.04 Å². The summed E-state index contributed by atoms with van der Waals surface area (Å²) in [6, 6.07) is 5.70. The molecule has 0 radical (unpaired) electrons. The quantitative estimate of drug-likeness (QED) is 0.652. The standard InChI is InChI=1S/C14H18N2O2S/c1-9-7-19-8-13(9)14(16-15)10-4-11(17-2)6-12(5-10)18-3/h4-8,14,16H,15H2,1-3H3. The van der Waals surface area contributed by atoms with Crippen molar-refractivity contribution in [3.8, 4) is 11.5 Å². The predicted octanol–water partition coefficient (Wildman–Crippen LogP) is 2.63. The molecular weight excluding hydrogens is 260 g/mol. The summed E-state index contributed by atoms with van der Waals surface area (Å²) in [7, 11) is 3.28. The first-order valence-corrected chi connectivity index (χ1v) is 6.85. The third-order valence-electron chi connectivity index (χ3n) is 3.08. The van der Waals surface area contributed by atoms with Crippen LogP contribution in [0.5, 0.6) is 11.5 Å². The van der Waals surface area contributed by atoms with Crippen LogP contribution in [0.1, 0.15) is 22.7 Å². The molecule has 0 saturated carbocycles. The summed E-state index contributed by atoms with van der Waals surface area (Å²) in [6.07, 6.45) is 0. The molecule has 1 heterocycles. The van der Waals surface area contributed by atoms with E-state index in [1.54, 1.807) is 25.6 Å². The molecule has 5 heteroatoms. The molecule has 0 amide bonds. The van der Waals surface area contributed by atoms with Gasteiger partial charge in [-0.05, 0) is 46.5 Å². The van der Waals surface area contributed by atoms with Gasteiger partial charge < -0.3 is 9.47 Å². The van der Waals surface area contributed by atoms with Gasteiger partial charge in [0.05, 0.1) is 20.3 Å². The molecule has 0 saturated heterocycles. The zero-order chi connectivity index (χ0) is 13.8. The van der Waals surface area contributed by atoms with E-state index in [2.05, 4.69) is 23.1 Å². The van der Waals surface area contributed by atoms with E-state index < -0.39 is 0 Å². The molecule has 4 nitrogen and oxygen atoms in total. The lowest BCUT2D eigenvalue weighted by Gasteiger charge is -2.18. The molecule has 0 spiro atoms. The molecule has 0 aliphatic heterocycles. The Morgan fingerprint density at radius 1 is 1.11 bits per heavy atom. The Labute approximate surface area is 117 Å². The first kappa shape index (κ1) is 13.9. The molecule has 1 aromatic heterocycles. The number of thiophene rings is 1. The van der Waals surface area contributed by atoms with Gasteiger partial charge in [-0.15, -0.1) is 0 Å². The van der Waals surface area contributed by atoms with Gasteiger partial charge in [0.2, 0.25) is 0 Å². The molecule has 1 unspecified atom stereocenters. The molecule has 1 aromatic carbocycles. The van der Waals surface area contributed by atoms with Gasteiger partial charge in [-0.3, -0.25) is 5.84 Å². The minimum atomic E-state index is -0.0738. The molecule has 19 heavy (non-hydrogen) atoms. The van der Waals surface area contributed by atoms with Crippen molar-refractivity contribution in [2.45, 2.75) is 13.0 Å². The molecule has 2 aromatic rings. The molecule has 0 aliphatic carbocycles.